The van der Waals surface area contributed by atoms with Crippen molar-refractivity contribution in [3.63, 3.8) is 0 Å². The summed E-state index contributed by atoms with van der Waals surface area (Å²) in [6.45, 7) is 1.59. The van der Waals surface area contributed by atoms with Gasteiger partial charge in [-0.3, -0.25) is 0 Å². The van der Waals surface area contributed by atoms with Crippen molar-refractivity contribution in [2.24, 2.45) is 0 Å². The SMILES string of the molecule is CC(O)c1cc(I)c(O)c(Cl)n1. The fraction of sp³-hybridized carbons (Fsp3) is 0.286. The lowest BCUT2D eigenvalue weighted by Gasteiger charge is -2.06. The fourth-order valence-electron chi connectivity index (χ4n) is 0.709. The van der Waals surface area contributed by atoms with Crippen LogP contribution in [0.15, 0.2) is 6.07 Å². The molecule has 1 atom stereocenters. The molecule has 5 heteroatoms. The van der Waals surface area contributed by atoms with Gasteiger partial charge in [-0.15, -0.1) is 0 Å². The number of rotatable bonds is 1. The maximum atomic E-state index is 9.23. The lowest BCUT2D eigenvalue weighted by molar-refractivity contribution is 0.194. The third-order valence-electron chi connectivity index (χ3n) is 1.35. The number of halogens is 2. The van der Waals surface area contributed by atoms with Crippen LogP contribution >= 0.6 is 34.2 Å². The highest BCUT2D eigenvalue weighted by molar-refractivity contribution is 14.1. The van der Waals surface area contributed by atoms with Crippen LogP contribution in [0.4, 0.5) is 0 Å². The van der Waals surface area contributed by atoms with Gasteiger partial charge < -0.3 is 10.2 Å². The summed E-state index contributed by atoms with van der Waals surface area (Å²) < 4.78 is 0.587. The molecule has 66 valence electrons. The molecule has 1 aromatic heterocycles. The van der Waals surface area contributed by atoms with Gasteiger partial charge in [0.15, 0.2) is 10.9 Å². The number of nitrogens with zero attached hydrogens (tertiary/aromatic N) is 1. The van der Waals surface area contributed by atoms with Gasteiger partial charge in [0.1, 0.15) is 0 Å². The molecule has 0 saturated heterocycles. The predicted molar refractivity (Wildman–Crippen MR) is 54.3 cm³/mol. The van der Waals surface area contributed by atoms with Crippen molar-refractivity contribution in [1.82, 2.24) is 4.98 Å². The van der Waals surface area contributed by atoms with Gasteiger partial charge in [-0.2, -0.15) is 0 Å². The van der Waals surface area contributed by atoms with E-state index in [1.54, 1.807) is 13.0 Å². The average Bonchev–Trinajstić information content (AvgIpc) is 1.99. The Morgan fingerprint density at radius 2 is 2.25 bits per heavy atom. The third kappa shape index (κ3) is 1.99. The molecular formula is C7H7ClINO2. The summed E-state index contributed by atoms with van der Waals surface area (Å²) in [7, 11) is 0. The lowest BCUT2D eigenvalue weighted by Crippen LogP contribution is -1.96. The van der Waals surface area contributed by atoms with Crippen molar-refractivity contribution in [3.8, 4) is 5.75 Å². The number of aliphatic hydroxyl groups is 1. The largest absolute Gasteiger partial charge is 0.504 e. The van der Waals surface area contributed by atoms with Gasteiger partial charge in [0.25, 0.3) is 0 Å². The molecule has 1 aromatic rings. The van der Waals surface area contributed by atoms with E-state index in [4.69, 9.17) is 16.7 Å². The molecule has 0 fully saturated rings. The van der Waals surface area contributed by atoms with E-state index in [0.717, 1.165) is 0 Å². The Hall–Kier alpha value is -0.0700. The van der Waals surface area contributed by atoms with E-state index in [-0.39, 0.29) is 10.9 Å². The molecule has 12 heavy (non-hydrogen) atoms. The van der Waals surface area contributed by atoms with E-state index >= 15 is 0 Å². The normalized spacial score (nSPS) is 13.0. The number of hydrogen-bond donors (Lipinski definition) is 2. The summed E-state index contributed by atoms with van der Waals surface area (Å²) in [5.74, 6) is -0.0401. The minimum absolute atomic E-state index is 0.0257. The zero-order valence-corrected chi connectivity index (χ0v) is 9.17. The highest BCUT2D eigenvalue weighted by atomic mass is 127. The Morgan fingerprint density at radius 1 is 1.67 bits per heavy atom. The molecule has 3 nitrogen and oxygen atoms in total. The molecule has 0 saturated carbocycles. The molecule has 0 amide bonds. The Labute approximate surface area is 88.5 Å². The van der Waals surface area contributed by atoms with Crippen molar-refractivity contribution in [1.29, 1.82) is 0 Å². The van der Waals surface area contributed by atoms with Crippen LogP contribution in [0.1, 0.15) is 18.7 Å². The lowest BCUT2D eigenvalue weighted by atomic mass is 10.2. The Kier molecular flexibility index (Phi) is 3.14. The Bertz CT molecular complexity index is 280. The highest BCUT2D eigenvalue weighted by Crippen LogP contribution is 2.28. The molecule has 0 aliphatic carbocycles. The second kappa shape index (κ2) is 3.76. The molecule has 1 rings (SSSR count). The average molecular weight is 299 g/mol. The summed E-state index contributed by atoms with van der Waals surface area (Å²) >= 11 is 7.51. The van der Waals surface area contributed by atoms with E-state index in [2.05, 4.69) is 4.98 Å². The van der Waals surface area contributed by atoms with Crippen molar-refractivity contribution in [3.05, 3.63) is 20.5 Å². The van der Waals surface area contributed by atoms with Crippen LogP contribution in [0, 0.1) is 3.57 Å². The van der Waals surface area contributed by atoms with Gasteiger partial charge >= 0.3 is 0 Å². The summed E-state index contributed by atoms with van der Waals surface area (Å²) in [5.41, 5.74) is 0.460. The Balaban J connectivity index is 3.21. The molecule has 2 N–H and O–H groups in total. The molecule has 0 aromatic carbocycles. The monoisotopic (exact) mass is 299 g/mol. The van der Waals surface area contributed by atoms with Gasteiger partial charge in [0, 0.05) is 0 Å². The Morgan fingerprint density at radius 3 is 2.67 bits per heavy atom. The van der Waals surface area contributed by atoms with E-state index in [9.17, 15) is 5.11 Å². The zero-order valence-electron chi connectivity index (χ0n) is 6.25. The van der Waals surface area contributed by atoms with Gasteiger partial charge in [0.05, 0.1) is 15.4 Å². The number of aromatic hydroxyl groups is 1. The summed E-state index contributed by atoms with van der Waals surface area (Å²) in [6.07, 6.45) is -0.670. The summed E-state index contributed by atoms with van der Waals surface area (Å²) in [4.78, 5) is 3.79. The standard InChI is InChI=1S/C7H7ClINO2/c1-3(11)5-2-4(9)6(12)7(8)10-5/h2-3,11-12H,1H3. The molecule has 0 aliphatic rings. The third-order valence-corrected chi connectivity index (χ3v) is 2.44. The minimum Gasteiger partial charge on any atom is -0.504 e. The quantitative estimate of drug-likeness (QED) is 0.617. The van der Waals surface area contributed by atoms with Crippen LogP contribution in [0.25, 0.3) is 0 Å². The second-order valence-electron chi connectivity index (χ2n) is 2.34. The molecule has 0 radical (unpaired) electrons. The molecule has 1 heterocycles. The summed E-state index contributed by atoms with van der Waals surface area (Å²) in [5, 5.41) is 18.4. The van der Waals surface area contributed by atoms with E-state index in [0.29, 0.717) is 9.26 Å². The van der Waals surface area contributed by atoms with Crippen molar-refractivity contribution < 1.29 is 10.2 Å². The summed E-state index contributed by atoms with van der Waals surface area (Å²) in [6, 6.07) is 1.59. The van der Waals surface area contributed by atoms with E-state index in [1.165, 1.54) is 0 Å². The number of aromatic nitrogens is 1. The topological polar surface area (TPSA) is 53.4 Å². The van der Waals surface area contributed by atoms with Gasteiger partial charge in [-0.05, 0) is 35.6 Å². The smallest absolute Gasteiger partial charge is 0.172 e. The van der Waals surface area contributed by atoms with E-state index in [1.807, 2.05) is 22.6 Å². The van der Waals surface area contributed by atoms with Gasteiger partial charge in [0.2, 0.25) is 0 Å². The zero-order chi connectivity index (χ0) is 9.30. The van der Waals surface area contributed by atoms with Crippen LogP contribution in [0.5, 0.6) is 5.75 Å². The molecule has 0 spiro atoms. The molecular weight excluding hydrogens is 292 g/mol. The molecule has 1 unspecified atom stereocenters. The first-order chi connectivity index (χ1) is 5.52. The fourth-order valence-corrected chi connectivity index (χ4v) is 1.64. The minimum atomic E-state index is -0.670. The first-order valence-electron chi connectivity index (χ1n) is 3.25. The first-order valence-corrected chi connectivity index (χ1v) is 4.71. The number of aliphatic hydroxyl groups excluding tert-OH is 1. The van der Waals surface area contributed by atoms with Gasteiger partial charge in [-0.25, -0.2) is 4.98 Å². The van der Waals surface area contributed by atoms with Crippen molar-refractivity contribution in [2.75, 3.05) is 0 Å². The van der Waals surface area contributed by atoms with E-state index < -0.39 is 6.10 Å². The van der Waals surface area contributed by atoms with Crippen LogP contribution < -0.4 is 0 Å². The van der Waals surface area contributed by atoms with Crippen LogP contribution in [0.3, 0.4) is 0 Å². The van der Waals surface area contributed by atoms with Crippen LogP contribution in [0.2, 0.25) is 5.15 Å². The number of hydrogen-bond acceptors (Lipinski definition) is 3. The molecule has 0 bridgehead atoms. The van der Waals surface area contributed by atoms with Crippen molar-refractivity contribution in [2.45, 2.75) is 13.0 Å². The second-order valence-corrected chi connectivity index (χ2v) is 3.86. The van der Waals surface area contributed by atoms with Crippen LogP contribution in [-0.4, -0.2) is 15.2 Å². The first kappa shape index (κ1) is 10.0. The predicted octanol–water partition coefficient (Wildman–Crippen LogP) is 2.10. The van der Waals surface area contributed by atoms with Crippen molar-refractivity contribution >= 4 is 34.2 Å². The maximum Gasteiger partial charge on any atom is 0.172 e. The highest BCUT2D eigenvalue weighted by Gasteiger charge is 2.10. The molecule has 0 aliphatic heterocycles. The maximum absolute atomic E-state index is 9.23. The number of pyridine rings is 1. The van der Waals surface area contributed by atoms with Gasteiger partial charge in [-0.1, -0.05) is 11.6 Å². The van der Waals surface area contributed by atoms with Crippen LogP contribution in [-0.2, 0) is 0 Å².